The van der Waals surface area contributed by atoms with E-state index in [1.807, 2.05) is 24.0 Å². The van der Waals surface area contributed by atoms with Gasteiger partial charge in [-0.15, -0.1) is 11.3 Å². The van der Waals surface area contributed by atoms with Gasteiger partial charge in [0.2, 0.25) is 29.3 Å². The van der Waals surface area contributed by atoms with Crippen LogP contribution in [0.5, 0.6) is 5.75 Å². The Bertz CT molecular complexity index is 2190. The molecule has 2 aromatic rings. The maximum atomic E-state index is 14.0. The Morgan fingerprint density at radius 2 is 1.15 bits per heavy atom. The van der Waals surface area contributed by atoms with Crippen LogP contribution in [0.3, 0.4) is 0 Å². The summed E-state index contributed by atoms with van der Waals surface area (Å²) in [4.78, 5) is 58.4. The van der Waals surface area contributed by atoms with Crippen molar-refractivity contribution in [3.8, 4) is 5.75 Å². The van der Waals surface area contributed by atoms with Crippen LogP contribution in [0.25, 0.3) is 6.08 Å². The van der Waals surface area contributed by atoms with Crippen LogP contribution in [0, 0.1) is 24.4 Å². The summed E-state index contributed by atoms with van der Waals surface area (Å²) in [5, 5.41) is 15.8. The third-order valence-electron chi connectivity index (χ3n) is 12.2. The molecule has 1 saturated carbocycles. The van der Waals surface area contributed by atoms with Crippen molar-refractivity contribution >= 4 is 52.6 Å². The van der Waals surface area contributed by atoms with Crippen molar-refractivity contribution in [2.45, 2.75) is 96.5 Å². The fraction of sp³-hybridized carbons (Fsp3) is 0.696. The van der Waals surface area contributed by atoms with Crippen molar-refractivity contribution in [3.63, 3.8) is 0 Å². The quantitative estimate of drug-likeness (QED) is 0.0284. The number of amides is 3. The molecule has 81 heavy (non-hydrogen) atoms. The number of aliphatic imine (C=N–C) groups is 1. The van der Waals surface area contributed by atoms with E-state index in [9.17, 15) is 37.5 Å². The molecule has 0 bridgehead atoms. The fourth-order valence-electron chi connectivity index (χ4n) is 7.74. The highest BCUT2D eigenvalue weighted by atomic mass is 32.1. The highest BCUT2D eigenvalue weighted by Crippen LogP contribution is 2.38. The minimum Gasteiger partial charge on any atom is -0.420 e. The van der Waals surface area contributed by atoms with E-state index in [4.69, 9.17) is 53.1 Å². The van der Waals surface area contributed by atoms with E-state index < -0.39 is 34.8 Å². The lowest BCUT2D eigenvalue weighted by Gasteiger charge is -2.23. The van der Waals surface area contributed by atoms with Crippen molar-refractivity contribution in [2.75, 3.05) is 158 Å². The molecule has 0 radical (unpaired) electrons. The molecular formula is C56H86F3N5O16S. The van der Waals surface area contributed by atoms with E-state index in [0.717, 1.165) is 47.5 Å². The van der Waals surface area contributed by atoms with E-state index in [2.05, 4.69) is 20.4 Å². The van der Waals surface area contributed by atoms with Gasteiger partial charge in [0.15, 0.2) is 11.6 Å². The second-order valence-corrected chi connectivity index (χ2v) is 20.4. The molecule has 1 aromatic carbocycles. The molecule has 1 fully saturated rings. The summed E-state index contributed by atoms with van der Waals surface area (Å²) in [6.07, 6.45) is 8.65. The standard InChI is InChI=1S/C56H86F3N5O16S/c1-3-15-64(16-7-14-62-50(66)41-56(69)11-12-56)55(68)43-38-47-46(63-48(60)39-43)40-44(81-47)8-5-4-6-13-61-49(65)9-17-70-19-21-72-23-25-74-27-29-76-31-33-78-35-36-79-34-32-77-30-28-75-26-24-73-22-20-71-18-10-51(67)80-54-52(58)42(2)37-45(57)53(54)59/h37-38,40,69H,3-36,39,41H2,1-2H3,(H2,60,63)(H,61,65)(H,62,66). The van der Waals surface area contributed by atoms with Gasteiger partial charge in [0.05, 0.1) is 161 Å². The first-order valence-electron chi connectivity index (χ1n) is 28.1. The van der Waals surface area contributed by atoms with Gasteiger partial charge in [-0.05, 0) is 75.6 Å². The predicted octanol–water partition coefficient (Wildman–Crippen LogP) is 5.29. The smallest absolute Gasteiger partial charge is 0.313 e. The lowest BCUT2D eigenvalue weighted by Crippen LogP contribution is -2.37. The molecule has 0 atom stereocenters. The van der Waals surface area contributed by atoms with E-state index in [1.165, 1.54) is 6.92 Å². The van der Waals surface area contributed by atoms with Crippen LogP contribution in [0.1, 0.15) is 92.9 Å². The first-order valence-corrected chi connectivity index (χ1v) is 28.9. The van der Waals surface area contributed by atoms with Crippen molar-refractivity contribution < 1.29 is 89.6 Å². The summed E-state index contributed by atoms with van der Waals surface area (Å²) >= 11 is 1.62. The minimum atomic E-state index is -1.56. The number of carbonyl (C=O) groups excluding carboxylic acids is 4. The van der Waals surface area contributed by atoms with Crippen LogP contribution in [-0.2, 0) is 73.0 Å². The van der Waals surface area contributed by atoms with Crippen molar-refractivity contribution in [1.82, 2.24) is 15.5 Å². The Morgan fingerprint density at radius 1 is 0.654 bits per heavy atom. The second kappa shape index (κ2) is 41.4. The number of aryl methyl sites for hydroxylation is 2. The van der Waals surface area contributed by atoms with Crippen LogP contribution < -0.4 is 21.1 Å². The summed E-state index contributed by atoms with van der Waals surface area (Å²) in [6, 6.07) is 2.73. The third kappa shape index (κ3) is 30.5. The number of rotatable bonds is 49. The summed E-state index contributed by atoms with van der Waals surface area (Å²) < 4.78 is 100. The second-order valence-electron chi connectivity index (χ2n) is 19.2. The molecule has 4 rings (SSSR count). The zero-order chi connectivity index (χ0) is 58.3. The number of amidine groups is 1. The maximum absolute atomic E-state index is 14.0. The van der Waals surface area contributed by atoms with Gasteiger partial charge in [0.1, 0.15) is 5.84 Å². The molecule has 1 aliphatic heterocycles. The maximum Gasteiger partial charge on any atom is 0.313 e. The zero-order valence-corrected chi connectivity index (χ0v) is 48.1. The number of fused-ring (bicyclic) bond motifs is 1. The van der Waals surface area contributed by atoms with Crippen molar-refractivity contribution in [2.24, 2.45) is 10.7 Å². The van der Waals surface area contributed by atoms with Crippen LogP contribution >= 0.6 is 11.3 Å². The van der Waals surface area contributed by atoms with E-state index in [-0.39, 0.29) is 68.8 Å². The molecule has 25 heteroatoms. The monoisotopic (exact) mass is 1170 g/mol. The van der Waals surface area contributed by atoms with Crippen LogP contribution in [0.15, 0.2) is 22.7 Å². The van der Waals surface area contributed by atoms with E-state index in [1.54, 1.807) is 11.3 Å². The highest BCUT2D eigenvalue weighted by molar-refractivity contribution is 7.13. The normalized spacial score (nSPS) is 13.6. The van der Waals surface area contributed by atoms with Crippen LogP contribution in [-0.4, -0.2) is 203 Å². The van der Waals surface area contributed by atoms with Gasteiger partial charge in [0.25, 0.3) is 0 Å². The summed E-state index contributed by atoms with van der Waals surface area (Å²) in [5.74, 6) is -5.92. The summed E-state index contributed by atoms with van der Waals surface area (Å²) in [6.45, 7) is 12.5. The fourth-order valence-corrected chi connectivity index (χ4v) is 8.85. The Morgan fingerprint density at radius 3 is 1.67 bits per heavy atom. The molecule has 2 aliphatic rings. The third-order valence-corrected chi connectivity index (χ3v) is 13.4. The van der Waals surface area contributed by atoms with Crippen molar-refractivity contribution in [3.05, 3.63) is 50.5 Å². The summed E-state index contributed by atoms with van der Waals surface area (Å²) in [7, 11) is 0. The average Bonchev–Trinajstić information content (AvgIpc) is 4.10. The van der Waals surface area contributed by atoms with Gasteiger partial charge < -0.3 is 78.5 Å². The number of nitrogens with one attached hydrogen (secondary N) is 2. The molecule has 1 aliphatic carbocycles. The number of halogens is 3. The average molecular weight is 1170 g/mol. The molecule has 458 valence electrons. The number of nitrogens with zero attached hydrogens (tertiary/aromatic N) is 2. The van der Waals surface area contributed by atoms with Crippen molar-refractivity contribution in [1.29, 1.82) is 0 Å². The number of esters is 1. The summed E-state index contributed by atoms with van der Waals surface area (Å²) in [5.41, 5.74) is 6.65. The predicted molar refractivity (Wildman–Crippen MR) is 296 cm³/mol. The molecule has 0 spiro atoms. The van der Waals surface area contributed by atoms with Crippen LogP contribution in [0.4, 0.5) is 18.9 Å². The van der Waals surface area contributed by atoms with Gasteiger partial charge in [-0.3, -0.25) is 19.2 Å². The molecule has 2 heterocycles. The molecule has 0 unspecified atom stereocenters. The topological polar surface area (TPSA) is 256 Å². The lowest BCUT2D eigenvalue weighted by molar-refractivity contribution is -0.136. The van der Waals surface area contributed by atoms with Gasteiger partial charge in [-0.1, -0.05) is 13.3 Å². The molecule has 0 saturated heterocycles. The minimum absolute atomic E-state index is 0.0533. The number of thiophene rings is 1. The molecule has 21 nitrogen and oxygen atoms in total. The number of benzene rings is 1. The highest BCUT2D eigenvalue weighted by Gasteiger charge is 2.42. The van der Waals surface area contributed by atoms with E-state index in [0.29, 0.717) is 175 Å². The van der Waals surface area contributed by atoms with Gasteiger partial charge in [0, 0.05) is 49.5 Å². The Hall–Kier alpha value is -4.64. The molecule has 1 aromatic heterocycles. The number of hydrogen-bond donors (Lipinski definition) is 4. The number of nitrogens with two attached hydrogens (primary N) is 1. The zero-order valence-electron chi connectivity index (χ0n) is 47.3. The van der Waals surface area contributed by atoms with Gasteiger partial charge in [-0.25, -0.2) is 13.8 Å². The largest absolute Gasteiger partial charge is 0.420 e. The SMILES string of the molecule is CCCN(CCCNC(=O)CC1(O)CC1)C(=O)C1=Cc2sc(CCCCCNC(=O)CCOCCOCCOCCOCCOCCOCCOCCOCCOCCOCCC(=O)Oc3c(F)c(C)cc(F)c3F)cc2N=C(N)C1. The molecule has 3 amide bonds. The Balaban J connectivity index is 0.833. The number of unbranched alkanes of at least 4 members (excludes halogenated alkanes) is 2. The number of ether oxygens (including phenoxy) is 11. The Kier molecular flexibility index (Phi) is 35.2. The van der Waals surface area contributed by atoms with E-state index >= 15 is 0 Å². The molecule has 5 N–H and O–H groups in total. The van der Waals surface area contributed by atoms with Gasteiger partial charge in [-0.2, -0.15) is 4.39 Å². The number of carbonyl (C=O) groups is 4. The number of aliphatic hydroxyl groups is 1. The molecular weight excluding hydrogens is 1090 g/mol. The lowest BCUT2D eigenvalue weighted by atomic mass is 10.1. The van der Waals surface area contributed by atoms with Crippen LogP contribution in [0.2, 0.25) is 0 Å². The van der Waals surface area contributed by atoms with Gasteiger partial charge >= 0.3 is 5.97 Å². The first-order chi connectivity index (χ1) is 39.3. The Labute approximate surface area is 477 Å². The number of hydrogen-bond acceptors (Lipinski definition) is 19. The first kappa shape index (κ1) is 68.9.